The summed E-state index contributed by atoms with van der Waals surface area (Å²) in [5.41, 5.74) is 1.41. The van der Waals surface area contributed by atoms with E-state index in [1.807, 2.05) is 6.07 Å². The van der Waals surface area contributed by atoms with Gasteiger partial charge < -0.3 is 25.2 Å². The van der Waals surface area contributed by atoms with Crippen LogP contribution in [0.1, 0.15) is 81.4 Å². The molecule has 0 saturated heterocycles. The Morgan fingerprint density at radius 2 is 1.35 bits per heavy atom. The molecule has 2 aliphatic rings. The molecule has 1 atom stereocenters. The van der Waals surface area contributed by atoms with Gasteiger partial charge in [-0.1, -0.05) is 37.8 Å². The number of aryl methyl sites for hydroxylation is 1. The van der Waals surface area contributed by atoms with Crippen molar-refractivity contribution in [3.05, 3.63) is 53.6 Å². The molecule has 5 heteroatoms. The van der Waals surface area contributed by atoms with E-state index in [0.717, 1.165) is 69.8 Å². The lowest BCUT2D eigenvalue weighted by Gasteiger charge is -2.16. The number of benzene rings is 2. The van der Waals surface area contributed by atoms with Crippen molar-refractivity contribution in [3.63, 3.8) is 0 Å². The van der Waals surface area contributed by atoms with Gasteiger partial charge in [-0.05, 0) is 80.3 Å². The Bertz CT molecular complexity index is 851. The molecule has 2 aromatic carbocycles. The molecular weight excluding hydrogens is 392 g/mol. The van der Waals surface area contributed by atoms with E-state index in [1.54, 1.807) is 6.07 Å². The van der Waals surface area contributed by atoms with Gasteiger partial charge in [0.25, 0.3) is 0 Å². The first-order valence-corrected chi connectivity index (χ1v) is 11.4. The van der Waals surface area contributed by atoms with Gasteiger partial charge in [0.2, 0.25) is 5.75 Å². The number of phenolic OH excluding ortho intramolecular Hbond substituents is 3. The molecule has 0 fully saturated rings. The molecule has 2 aliphatic heterocycles. The maximum absolute atomic E-state index is 10.5. The van der Waals surface area contributed by atoms with Gasteiger partial charge in [0.1, 0.15) is 11.5 Å². The monoisotopic (exact) mass is 426 g/mol. The van der Waals surface area contributed by atoms with Crippen LogP contribution in [0.5, 0.6) is 28.7 Å². The molecule has 4 N–H and O–H groups in total. The molecule has 2 heterocycles. The van der Waals surface area contributed by atoms with Crippen molar-refractivity contribution in [2.75, 3.05) is 0 Å². The average Bonchev–Trinajstić information content (AvgIpc) is 2.72. The number of aliphatic hydroxyl groups is 1. The first-order chi connectivity index (χ1) is 15.0. The molecule has 0 amide bonds. The van der Waals surface area contributed by atoms with E-state index in [0.29, 0.717) is 17.7 Å². The van der Waals surface area contributed by atoms with E-state index in [-0.39, 0.29) is 23.0 Å². The number of aromatic hydroxyl groups is 3. The van der Waals surface area contributed by atoms with E-state index < -0.39 is 6.10 Å². The highest BCUT2D eigenvalue weighted by Gasteiger charge is 2.17. The number of phenols is 3. The van der Waals surface area contributed by atoms with E-state index >= 15 is 0 Å². The fourth-order valence-electron chi connectivity index (χ4n) is 4.01. The number of fused-ring (bicyclic) bond motifs is 14. The molecule has 5 nitrogen and oxygen atoms in total. The highest BCUT2D eigenvalue weighted by molar-refractivity contribution is 5.55. The molecule has 0 radical (unpaired) electrons. The zero-order valence-electron chi connectivity index (χ0n) is 18.1. The van der Waals surface area contributed by atoms with Crippen LogP contribution >= 0.6 is 0 Å². The van der Waals surface area contributed by atoms with Crippen LogP contribution in [0.15, 0.2) is 42.5 Å². The fourth-order valence-corrected chi connectivity index (χ4v) is 4.01. The number of allylic oxidation sites excluding steroid dienone is 2. The Hall–Kier alpha value is -2.66. The summed E-state index contributed by atoms with van der Waals surface area (Å²) in [5.74, 6) is -0.142. The third kappa shape index (κ3) is 7.21. The Kier molecular flexibility index (Phi) is 8.65. The second-order valence-electron chi connectivity index (χ2n) is 8.40. The van der Waals surface area contributed by atoms with Crippen molar-refractivity contribution in [1.82, 2.24) is 0 Å². The van der Waals surface area contributed by atoms with Crippen LogP contribution in [-0.4, -0.2) is 20.4 Å². The minimum Gasteiger partial charge on any atom is -0.508 e. The minimum atomic E-state index is -0.754. The molecular formula is C26H34O5. The van der Waals surface area contributed by atoms with Gasteiger partial charge in [-0.15, -0.1) is 0 Å². The van der Waals surface area contributed by atoms with Crippen LogP contribution in [0.2, 0.25) is 0 Å². The van der Waals surface area contributed by atoms with E-state index in [2.05, 4.69) is 12.2 Å². The summed E-state index contributed by atoms with van der Waals surface area (Å²) in [6.07, 6.45) is 14.9. The number of hydrogen-bond acceptors (Lipinski definition) is 5. The van der Waals surface area contributed by atoms with Gasteiger partial charge in [0, 0.05) is 6.07 Å². The molecule has 0 unspecified atom stereocenters. The van der Waals surface area contributed by atoms with Gasteiger partial charge in [0.05, 0.1) is 6.10 Å². The lowest BCUT2D eigenvalue weighted by atomic mass is 10.0. The van der Waals surface area contributed by atoms with Crippen molar-refractivity contribution in [1.29, 1.82) is 0 Å². The summed E-state index contributed by atoms with van der Waals surface area (Å²) in [5, 5.41) is 41.3. The van der Waals surface area contributed by atoms with Crippen LogP contribution in [0, 0.1) is 0 Å². The lowest BCUT2D eigenvalue weighted by molar-refractivity contribution is 0.162. The first-order valence-electron chi connectivity index (χ1n) is 11.4. The lowest BCUT2D eigenvalue weighted by Crippen LogP contribution is -1.98. The minimum absolute atomic E-state index is 0.0795. The van der Waals surface area contributed by atoms with Gasteiger partial charge >= 0.3 is 0 Å². The van der Waals surface area contributed by atoms with Gasteiger partial charge in [-0.3, -0.25) is 0 Å². The number of hydrogen-bond donors (Lipinski definition) is 4. The summed E-state index contributed by atoms with van der Waals surface area (Å²) < 4.78 is 5.71. The topological polar surface area (TPSA) is 90.2 Å². The van der Waals surface area contributed by atoms with Gasteiger partial charge in [0.15, 0.2) is 11.5 Å². The summed E-state index contributed by atoms with van der Waals surface area (Å²) in [7, 11) is 0. The molecule has 0 saturated carbocycles. The smallest absolute Gasteiger partial charge is 0.210 e. The number of aliphatic hydroxyl groups excluding tert-OH is 1. The SMILES string of the molecule is Oc1cc2cc(c1)Oc1c(O)cc(cc1O)[C@H](O)CCCCCC/C=C/CCCCC2. The quantitative estimate of drug-likeness (QED) is 0.354. The number of rotatable bonds is 0. The maximum atomic E-state index is 10.5. The zero-order chi connectivity index (χ0) is 22.1. The van der Waals surface area contributed by atoms with Crippen molar-refractivity contribution < 1.29 is 25.2 Å². The third-order valence-electron chi connectivity index (χ3n) is 5.73. The van der Waals surface area contributed by atoms with E-state index in [4.69, 9.17) is 4.74 Å². The molecule has 0 aliphatic carbocycles. The van der Waals surface area contributed by atoms with Crippen LogP contribution in [-0.2, 0) is 6.42 Å². The molecule has 4 bridgehead atoms. The second-order valence-corrected chi connectivity index (χ2v) is 8.40. The summed E-state index contributed by atoms with van der Waals surface area (Å²) in [6, 6.07) is 7.84. The summed E-state index contributed by atoms with van der Waals surface area (Å²) in [4.78, 5) is 0. The molecule has 0 aromatic heterocycles. The third-order valence-corrected chi connectivity index (χ3v) is 5.73. The normalized spacial score (nSPS) is 20.2. The fraction of sp³-hybridized carbons (Fsp3) is 0.462. The van der Waals surface area contributed by atoms with Crippen LogP contribution in [0.3, 0.4) is 0 Å². The van der Waals surface area contributed by atoms with E-state index in [9.17, 15) is 20.4 Å². The Morgan fingerprint density at radius 3 is 2.06 bits per heavy atom. The first kappa shape index (κ1) is 23.0. The summed E-state index contributed by atoms with van der Waals surface area (Å²) in [6.45, 7) is 0. The predicted octanol–water partition coefficient (Wildman–Crippen LogP) is 6.64. The average molecular weight is 427 g/mol. The van der Waals surface area contributed by atoms with Gasteiger partial charge in [-0.25, -0.2) is 0 Å². The maximum Gasteiger partial charge on any atom is 0.210 e. The highest BCUT2D eigenvalue weighted by atomic mass is 16.5. The summed E-state index contributed by atoms with van der Waals surface area (Å²) >= 11 is 0. The van der Waals surface area contributed by atoms with E-state index in [1.165, 1.54) is 18.2 Å². The molecule has 168 valence electrons. The standard InChI is InChI=1S/C26H34O5/c27-21-14-19-12-10-8-6-4-2-1-3-5-7-9-11-13-23(28)20-16-24(29)26(25(30)17-20)31-22(15-19)18-21/h1-2,14-18,23,27-30H,3-13H2/b2-1+/t23-/m1/s1. The van der Waals surface area contributed by atoms with Crippen LogP contribution in [0.4, 0.5) is 0 Å². The zero-order valence-corrected chi connectivity index (χ0v) is 18.1. The Labute approximate surface area is 184 Å². The Balaban J connectivity index is 1.79. The predicted molar refractivity (Wildman–Crippen MR) is 122 cm³/mol. The second kappa shape index (κ2) is 11.7. The van der Waals surface area contributed by atoms with Crippen molar-refractivity contribution in [2.24, 2.45) is 0 Å². The molecule has 4 rings (SSSR count). The van der Waals surface area contributed by atoms with Crippen molar-refractivity contribution in [3.8, 4) is 28.7 Å². The van der Waals surface area contributed by atoms with Crippen molar-refractivity contribution >= 4 is 0 Å². The highest BCUT2D eigenvalue weighted by Crippen LogP contribution is 2.42. The van der Waals surface area contributed by atoms with Crippen molar-refractivity contribution in [2.45, 2.75) is 76.7 Å². The molecule has 2 aromatic rings. The van der Waals surface area contributed by atoms with Crippen LogP contribution < -0.4 is 4.74 Å². The Morgan fingerprint density at radius 1 is 0.710 bits per heavy atom. The molecule has 0 spiro atoms. The van der Waals surface area contributed by atoms with Gasteiger partial charge in [-0.2, -0.15) is 0 Å². The van der Waals surface area contributed by atoms with Crippen LogP contribution in [0.25, 0.3) is 0 Å². The molecule has 31 heavy (non-hydrogen) atoms. The number of ether oxygens (including phenoxy) is 1. The largest absolute Gasteiger partial charge is 0.508 e.